The molecule has 4 rings (SSSR count). The van der Waals surface area contributed by atoms with Gasteiger partial charge in [-0.25, -0.2) is 4.98 Å². The van der Waals surface area contributed by atoms with Crippen LogP contribution in [0.1, 0.15) is 22.8 Å². The van der Waals surface area contributed by atoms with Gasteiger partial charge in [-0.2, -0.15) is 0 Å². The highest BCUT2D eigenvalue weighted by Crippen LogP contribution is 2.31. The van der Waals surface area contributed by atoms with Crippen LogP contribution in [0.3, 0.4) is 0 Å². The van der Waals surface area contributed by atoms with Crippen LogP contribution in [0.15, 0.2) is 42.5 Å². The monoisotopic (exact) mass is 426 g/mol. The van der Waals surface area contributed by atoms with Crippen molar-refractivity contribution in [1.82, 2.24) is 4.98 Å². The van der Waals surface area contributed by atoms with Gasteiger partial charge in [0.05, 0.1) is 43.1 Å². The maximum Gasteiger partial charge on any atom is 0.260 e. The smallest absolute Gasteiger partial charge is 0.260 e. The number of thiazole rings is 1. The first kappa shape index (κ1) is 20.8. The number of fused-ring (bicyclic) bond motifs is 1. The first-order chi connectivity index (χ1) is 14.7. The summed E-state index contributed by atoms with van der Waals surface area (Å²) in [6.07, 6.45) is 0. The zero-order chi connectivity index (χ0) is 20.9. The lowest BCUT2D eigenvalue weighted by atomic mass is 10.2. The van der Waals surface area contributed by atoms with Crippen molar-refractivity contribution in [2.24, 2.45) is 0 Å². The van der Waals surface area contributed by atoms with Crippen LogP contribution >= 0.6 is 11.3 Å². The second-order valence-electron chi connectivity index (χ2n) is 7.44. The average molecular weight is 427 g/mol. The molecule has 2 heterocycles. The number of ether oxygens (including phenoxy) is 2. The van der Waals surface area contributed by atoms with Crippen LogP contribution < -0.4 is 14.5 Å². The Bertz CT molecular complexity index is 997. The summed E-state index contributed by atoms with van der Waals surface area (Å²) in [6.45, 7) is 9.62. The topological polar surface area (TPSA) is 56.1 Å². The van der Waals surface area contributed by atoms with E-state index in [-0.39, 0.29) is 5.91 Å². The molecule has 1 aromatic heterocycles. The van der Waals surface area contributed by atoms with Crippen molar-refractivity contribution in [3.63, 3.8) is 0 Å². The molecular formula is C23H28N3O3S+. The molecule has 0 unspecified atom stereocenters. The maximum absolute atomic E-state index is 13.5. The zero-order valence-corrected chi connectivity index (χ0v) is 18.3. The van der Waals surface area contributed by atoms with Crippen LogP contribution in [0.5, 0.6) is 5.75 Å². The first-order valence-electron chi connectivity index (χ1n) is 10.5. The van der Waals surface area contributed by atoms with E-state index < -0.39 is 0 Å². The third kappa shape index (κ3) is 4.64. The number of hydrogen-bond acceptors (Lipinski definition) is 5. The molecule has 1 aliphatic rings. The van der Waals surface area contributed by atoms with Gasteiger partial charge in [-0.3, -0.25) is 9.69 Å². The Hall–Kier alpha value is -2.48. The minimum Gasteiger partial charge on any atom is -0.494 e. The predicted octanol–water partition coefficient (Wildman–Crippen LogP) is 2.57. The van der Waals surface area contributed by atoms with Gasteiger partial charge in [0.15, 0.2) is 5.13 Å². The minimum atomic E-state index is -0.0255. The predicted molar refractivity (Wildman–Crippen MR) is 120 cm³/mol. The Kier molecular flexibility index (Phi) is 6.62. The summed E-state index contributed by atoms with van der Waals surface area (Å²) in [6, 6.07) is 13.5. The summed E-state index contributed by atoms with van der Waals surface area (Å²) >= 11 is 1.58. The Morgan fingerprint density at radius 3 is 2.67 bits per heavy atom. The highest BCUT2D eigenvalue weighted by atomic mass is 32.1. The molecule has 0 saturated carbocycles. The number of aryl methyl sites for hydroxylation is 1. The van der Waals surface area contributed by atoms with Crippen molar-refractivity contribution >= 4 is 32.6 Å². The van der Waals surface area contributed by atoms with E-state index in [0.29, 0.717) is 18.7 Å². The number of amides is 1. The summed E-state index contributed by atoms with van der Waals surface area (Å²) in [4.78, 5) is 21.6. The lowest BCUT2D eigenvalue weighted by Crippen LogP contribution is -3.14. The summed E-state index contributed by atoms with van der Waals surface area (Å²) in [7, 11) is 0. The number of nitrogens with zero attached hydrogens (tertiary/aromatic N) is 2. The van der Waals surface area contributed by atoms with Crippen LogP contribution in [0.25, 0.3) is 10.2 Å². The van der Waals surface area contributed by atoms with E-state index in [1.165, 1.54) is 4.90 Å². The number of quaternary nitrogens is 1. The van der Waals surface area contributed by atoms with Crippen molar-refractivity contribution in [2.45, 2.75) is 13.8 Å². The fourth-order valence-electron chi connectivity index (χ4n) is 3.67. The third-order valence-corrected chi connectivity index (χ3v) is 6.43. The van der Waals surface area contributed by atoms with Crippen LogP contribution in [-0.2, 0) is 4.74 Å². The Labute approximate surface area is 181 Å². The minimum absolute atomic E-state index is 0.0255. The number of carbonyl (C=O) groups is 1. The second-order valence-corrected chi connectivity index (χ2v) is 8.45. The van der Waals surface area contributed by atoms with Crippen molar-refractivity contribution in [3.05, 3.63) is 53.6 Å². The molecule has 1 amide bonds. The number of aromatic nitrogens is 1. The largest absolute Gasteiger partial charge is 0.494 e. The van der Waals surface area contributed by atoms with Gasteiger partial charge in [-0.15, -0.1) is 0 Å². The molecule has 6 nitrogen and oxygen atoms in total. The van der Waals surface area contributed by atoms with Gasteiger partial charge < -0.3 is 14.4 Å². The number of rotatable bonds is 7. The summed E-state index contributed by atoms with van der Waals surface area (Å²) < 4.78 is 12.1. The molecule has 1 fully saturated rings. The first-order valence-corrected chi connectivity index (χ1v) is 11.3. The molecule has 0 radical (unpaired) electrons. The molecule has 0 bridgehead atoms. The molecule has 0 atom stereocenters. The second kappa shape index (κ2) is 9.55. The maximum atomic E-state index is 13.5. The number of hydrogen-bond donors (Lipinski definition) is 1. The van der Waals surface area contributed by atoms with E-state index >= 15 is 0 Å². The van der Waals surface area contributed by atoms with Gasteiger partial charge >= 0.3 is 0 Å². The van der Waals surface area contributed by atoms with Gasteiger partial charge in [-0.1, -0.05) is 23.5 Å². The van der Waals surface area contributed by atoms with E-state index in [2.05, 4.69) is 19.1 Å². The SMILES string of the molecule is CCOc1ccc(C(=O)N(CC[NH+]2CCOCC2)c2nc3c(C)cccc3s2)cc1. The Morgan fingerprint density at radius 1 is 1.20 bits per heavy atom. The molecule has 1 aliphatic heterocycles. The van der Waals surface area contributed by atoms with Crippen molar-refractivity contribution in [3.8, 4) is 5.75 Å². The number of carbonyl (C=O) groups excluding carboxylic acids is 1. The lowest BCUT2D eigenvalue weighted by Gasteiger charge is -2.27. The summed E-state index contributed by atoms with van der Waals surface area (Å²) in [5.41, 5.74) is 2.74. The van der Waals surface area contributed by atoms with Crippen molar-refractivity contribution in [2.75, 3.05) is 50.9 Å². The van der Waals surface area contributed by atoms with E-state index in [9.17, 15) is 4.79 Å². The van der Waals surface area contributed by atoms with Crippen molar-refractivity contribution in [1.29, 1.82) is 0 Å². The van der Waals surface area contributed by atoms with E-state index in [0.717, 1.165) is 59.5 Å². The molecule has 2 aromatic carbocycles. The number of nitrogens with one attached hydrogen (secondary N) is 1. The molecule has 3 aromatic rings. The standard InChI is InChI=1S/C23H27N3O3S/c1-3-29-19-9-7-18(8-10-19)22(27)26(12-11-25-13-15-28-16-14-25)23-24-21-17(2)5-4-6-20(21)30-23/h4-10H,3,11-16H2,1-2H3/p+1. The molecular weight excluding hydrogens is 398 g/mol. The van der Waals surface area contributed by atoms with Crippen molar-refractivity contribution < 1.29 is 19.2 Å². The Morgan fingerprint density at radius 2 is 1.97 bits per heavy atom. The molecule has 7 heteroatoms. The van der Waals surface area contributed by atoms with Crippen LogP contribution in [0.2, 0.25) is 0 Å². The summed E-state index contributed by atoms with van der Waals surface area (Å²) in [5, 5.41) is 0.755. The van der Waals surface area contributed by atoms with Crippen LogP contribution in [0, 0.1) is 6.92 Å². The van der Waals surface area contributed by atoms with Crippen LogP contribution in [-0.4, -0.2) is 56.9 Å². The highest BCUT2D eigenvalue weighted by Gasteiger charge is 2.24. The average Bonchev–Trinajstić information content (AvgIpc) is 3.21. The molecule has 0 aliphatic carbocycles. The van der Waals surface area contributed by atoms with Gasteiger partial charge in [-0.05, 0) is 49.7 Å². The molecule has 1 N–H and O–H groups in total. The Balaban J connectivity index is 1.61. The van der Waals surface area contributed by atoms with Gasteiger partial charge in [0, 0.05) is 5.56 Å². The fourth-order valence-corrected chi connectivity index (χ4v) is 4.74. The molecule has 158 valence electrons. The number of morpholine rings is 1. The lowest BCUT2D eigenvalue weighted by molar-refractivity contribution is -0.906. The number of para-hydroxylation sites is 1. The normalized spacial score (nSPS) is 14.7. The third-order valence-electron chi connectivity index (χ3n) is 5.39. The van der Waals surface area contributed by atoms with Gasteiger partial charge in [0.2, 0.25) is 0 Å². The summed E-state index contributed by atoms with van der Waals surface area (Å²) in [5.74, 6) is 0.747. The van der Waals surface area contributed by atoms with E-state index in [1.807, 2.05) is 42.2 Å². The van der Waals surface area contributed by atoms with Crippen LogP contribution in [0.4, 0.5) is 5.13 Å². The molecule has 0 spiro atoms. The zero-order valence-electron chi connectivity index (χ0n) is 17.5. The van der Waals surface area contributed by atoms with Gasteiger partial charge in [0.25, 0.3) is 5.91 Å². The van der Waals surface area contributed by atoms with Gasteiger partial charge in [0.1, 0.15) is 18.8 Å². The fraction of sp³-hybridized carbons (Fsp3) is 0.391. The highest BCUT2D eigenvalue weighted by molar-refractivity contribution is 7.22. The number of anilines is 1. The quantitative estimate of drug-likeness (QED) is 0.631. The van der Waals surface area contributed by atoms with E-state index in [4.69, 9.17) is 14.5 Å². The van der Waals surface area contributed by atoms with E-state index in [1.54, 1.807) is 11.3 Å². The number of benzene rings is 2. The molecule has 1 saturated heterocycles. The molecule has 30 heavy (non-hydrogen) atoms.